The van der Waals surface area contributed by atoms with Crippen molar-refractivity contribution in [1.29, 1.82) is 0 Å². The number of carbonyl (C=O) groups excluding carboxylic acids is 1. The first-order chi connectivity index (χ1) is 14.5. The summed E-state index contributed by atoms with van der Waals surface area (Å²) in [6, 6.07) is 11.0. The molecule has 1 unspecified atom stereocenters. The van der Waals surface area contributed by atoms with Gasteiger partial charge in [-0.1, -0.05) is 0 Å². The topological polar surface area (TPSA) is 95.5 Å². The smallest absolute Gasteiger partial charge is 0.254 e. The van der Waals surface area contributed by atoms with Gasteiger partial charge in [0.2, 0.25) is 0 Å². The third-order valence-electron chi connectivity index (χ3n) is 5.72. The Kier molecular flexibility index (Phi) is 4.02. The highest BCUT2D eigenvalue weighted by molar-refractivity contribution is 6.10. The van der Waals surface area contributed by atoms with E-state index in [2.05, 4.69) is 10.1 Å². The lowest BCUT2D eigenvalue weighted by molar-refractivity contribution is 0.0708. The van der Waals surface area contributed by atoms with Gasteiger partial charge in [-0.05, 0) is 30.3 Å². The van der Waals surface area contributed by atoms with Gasteiger partial charge in [-0.3, -0.25) is 9.48 Å². The Balaban J connectivity index is 1.53. The highest BCUT2D eigenvalue weighted by atomic mass is 16.5. The Morgan fingerprint density at radius 2 is 2.10 bits per heavy atom. The van der Waals surface area contributed by atoms with Gasteiger partial charge in [0.1, 0.15) is 23.9 Å². The van der Waals surface area contributed by atoms with Crippen molar-refractivity contribution in [3.05, 3.63) is 53.7 Å². The van der Waals surface area contributed by atoms with Crippen molar-refractivity contribution < 1.29 is 14.3 Å². The Morgan fingerprint density at radius 1 is 1.27 bits per heavy atom. The molecule has 0 aliphatic carbocycles. The van der Waals surface area contributed by atoms with Crippen LogP contribution in [0.2, 0.25) is 0 Å². The molecule has 1 amide bonds. The van der Waals surface area contributed by atoms with Crippen LogP contribution in [0.15, 0.2) is 42.6 Å². The summed E-state index contributed by atoms with van der Waals surface area (Å²) < 4.78 is 12.8. The number of benzene rings is 2. The third kappa shape index (κ3) is 2.64. The Hall–Kier alpha value is -3.81. The monoisotopic (exact) mass is 403 g/mol. The van der Waals surface area contributed by atoms with Crippen molar-refractivity contribution in [2.75, 3.05) is 26.5 Å². The van der Waals surface area contributed by atoms with E-state index in [1.54, 1.807) is 36.0 Å². The van der Waals surface area contributed by atoms with Crippen LogP contribution in [0.4, 0.5) is 5.82 Å². The number of likely N-dealkylation sites (N-methyl/N-ethyl adjacent to an activating group) is 1. The molecule has 2 aromatic heterocycles. The van der Waals surface area contributed by atoms with Gasteiger partial charge in [0.15, 0.2) is 0 Å². The molecule has 2 aromatic carbocycles. The summed E-state index contributed by atoms with van der Waals surface area (Å²) in [5, 5.41) is 5.91. The van der Waals surface area contributed by atoms with Gasteiger partial charge in [0.25, 0.3) is 5.91 Å². The molecule has 1 aliphatic rings. The van der Waals surface area contributed by atoms with Crippen LogP contribution in [0, 0.1) is 0 Å². The number of nitrogens with two attached hydrogens (primary N) is 1. The van der Waals surface area contributed by atoms with Crippen molar-refractivity contribution in [3.63, 3.8) is 0 Å². The number of amides is 1. The summed E-state index contributed by atoms with van der Waals surface area (Å²) in [7, 11) is 5.26. The van der Waals surface area contributed by atoms with Gasteiger partial charge >= 0.3 is 0 Å². The largest absolute Gasteiger partial charge is 0.497 e. The van der Waals surface area contributed by atoms with E-state index in [4.69, 9.17) is 15.2 Å². The summed E-state index contributed by atoms with van der Waals surface area (Å²) in [6.45, 7) is 0.405. The predicted molar refractivity (Wildman–Crippen MR) is 114 cm³/mol. The van der Waals surface area contributed by atoms with E-state index in [0.717, 1.165) is 38.9 Å². The van der Waals surface area contributed by atoms with Crippen molar-refractivity contribution in [2.24, 2.45) is 7.05 Å². The molecule has 152 valence electrons. The Morgan fingerprint density at radius 3 is 2.90 bits per heavy atom. The fourth-order valence-corrected chi connectivity index (χ4v) is 4.06. The number of nitrogens with zero attached hydrogens (tertiary/aromatic N) is 4. The molecule has 1 aliphatic heterocycles. The highest BCUT2D eigenvalue weighted by Gasteiger charge is 2.31. The Bertz CT molecular complexity index is 1310. The second-order valence-electron chi connectivity index (χ2n) is 7.41. The lowest BCUT2D eigenvalue weighted by atomic mass is 10.0. The molecule has 5 rings (SSSR count). The number of aryl methyl sites for hydroxylation is 1. The average molecular weight is 403 g/mol. The van der Waals surface area contributed by atoms with E-state index in [9.17, 15) is 4.79 Å². The highest BCUT2D eigenvalue weighted by Crippen LogP contribution is 2.38. The number of aromatic nitrogens is 3. The lowest BCUT2D eigenvalue weighted by Crippen LogP contribution is -2.32. The fourth-order valence-electron chi connectivity index (χ4n) is 4.06. The molecular weight excluding hydrogens is 382 g/mol. The molecule has 30 heavy (non-hydrogen) atoms. The molecule has 0 radical (unpaired) electrons. The number of carbonyl (C=O) groups is 1. The van der Waals surface area contributed by atoms with Crippen molar-refractivity contribution >= 4 is 33.5 Å². The number of fused-ring (bicyclic) bond motifs is 4. The van der Waals surface area contributed by atoms with E-state index in [1.165, 1.54) is 0 Å². The van der Waals surface area contributed by atoms with E-state index >= 15 is 0 Å². The zero-order valence-electron chi connectivity index (χ0n) is 16.9. The minimum atomic E-state index is -0.171. The van der Waals surface area contributed by atoms with Crippen molar-refractivity contribution in [1.82, 2.24) is 19.7 Å². The molecule has 2 N–H and O–H groups in total. The molecule has 0 saturated carbocycles. The fraction of sp³-hybridized carbons (Fsp3) is 0.227. The maximum Gasteiger partial charge on any atom is 0.254 e. The molecule has 1 atom stereocenters. The zero-order valence-corrected chi connectivity index (χ0v) is 16.9. The van der Waals surface area contributed by atoms with Crippen LogP contribution in [0.5, 0.6) is 11.5 Å². The molecular formula is C22H21N5O3. The first kappa shape index (κ1) is 18.2. The van der Waals surface area contributed by atoms with Gasteiger partial charge in [-0.15, -0.1) is 0 Å². The standard InChI is InChI=1S/C22H21N5O3/c1-26(18-11-30-19-9-13(29-3)5-6-14(18)19)22(28)12-4-7-17-15(8-12)20-16(21(23)25-17)10-24-27(20)2/h4-10,18H,11H2,1-3H3,(H2,23,25). The van der Waals surface area contributed by atoms with Crippen LogP contribution < -0.4 is 15.2 Å². The maximum atomic E-state index is 13.3. The second kappa shape index (κ2) is 6.62. The van der Waals surface area contributed by atoms with Crippen LogP contribution >= 0.6 is 0 Å². The molecule has 0 bridgehead atoms. The minimum Gasteiger partial charge on any atom is -0.497 e. The number of hydrogen-bond donors (Lipinski definition) is 1. The number of nitrogen functional groups attached to an aromatic ring is 1. The summed E-state index contributed by atoms with van der Waals surface area (Å²) in [5.74, 6) is 1.80. The minimum absolute atomic E-state index is 0.0960. The van der Waals surface area contributed by atoms with Gasteiger partial charge in [0.05, 0.1) is 35.8 Å². The summed E-state index contributed by atoms with van der Waals surface area (Å²) in [5.41, 5.74) is 9.19. The van der Waals surface area contributed by atoms with Crippen molar-refractivity contribution in [2.45, 2.75) is 6.04 Å². The first-order valence-corrected chi connectivity index (χ1v) is 9.56. The number of hydrogen-bond acceptors (Lipinski definition) is 6. The average Bonchev–Trinajstić information content (AvgIpc) is 3.36. The SMILES string of the molecule is COc1ccc2c(c1)OCC2N(C)C(=O)c1ccc2nc(N)c3cnn(C)c3c2c1. The van der Waals surface area contributed by atoms with Crippen LogP contribution in [0.25, 0.3) is 21.8 Å². The van der Waals surface area contributed by atoms with Gasteiger partial charge in [-0.25, -0.2) is 4.98 Å². The number of ether oxygens (including phenoxy) is 2. The van der Waals surface area contributed by atoms with Crippen molar-refractivity contribution in [3.8, 4) is 11.5 Å². The van der Waals surface area contributed by atoms with Gasteiger partial charge in [-0.2, -0.15) is 5.10 Å². The van der Waals surface area contributed by atoms with Crippen LogP contribution in [-0.4, -0.2) is 46.3 Å². The van der Waals surface area contributed by atoms with E-state index in [1.807, 2.05) is 37.4 Å². The lowest BCUT2D eigenvalue weighted by Gasteiger charge is -2.24. The number of rotatable bonds is 3. The van der Waals surface area contributed by atoms with Gasteiger partial charge < -0.3 is 20.1 Å². The Labute approximate surface area is 172 Å². The van der Waals surface area contributed by atoms with E-state index < -0.39 is 0 Å². The number of methoxy groups -OCH3 is 1. The van der Waals surface area contributed by atoms with Gasteiger partial charge in [0, 0.05) is 36.7 Å². The summed E-state index contributed by atoms with van der Waals surface area (Å²) in [4.78, 5) is 19.5. The first-order valence-electron chi connectivity index (χ1n) is 9.56. The molecule has 0 spiro atoms. The summed E-state index contributed by atoms with van der Waals surface area (Å²) >= 11 is 0. The molecule has 8 heteroatoms. The van der Waals surface area contributed by atoms with Crippen LogP contribution in [0.1, 0.15) is 22.0 Å². The molecule has 3 heterocycles. The van der Waals surface area contributed by atoms with E-state index in [-0.39, 0.29) is 11.9 Å². The predicted octanol–water partition coefficient (Wildman–Crippen LogP) is 2.92. The van der Waals surface area contributed by atoms with Crippen LogP contribution in [0.3, 0.4) is 0 Å². The van der Waals surface area contributed by atoms with Crippen LogP contribution in [-0.2, 0) is 7.05 Å². The third-order valence-corrected chi connectivity index (χ3v) is 5.72. The number of anilines is 1. The molecule has 0 fully saturated rings. The zero-order chi connectivity index (χ0) is 21.0. The summed E-state index contributed by atoms with van der Waals surface area (Å²) in [6.07, 6.45) is 1.69. The molecule has 0 saturated heterocycles. The maximum absolute atomic E-state index is 13.3. The molecule has 8 nitrogen and oxygen atoms in total. The molecule has 4 aromatic rings. The number of pyridine rings is 1. The second-order valence-corrected chi connectivity index (χ2v) is 7.41. The quantitative estimate of drug-likeness (QED) is 0.565. The normalized spacial score (nSPS) is 15.2. The van der Waals surface area contributed by atoms with E-state index in [0.29, 0.717) is 18.0 Å².